The average Bonchev–Trinajstić information content (AvgIpc) is 2.98. The lowest BCUT2D eigenvalue weighted by Crippen LogP contribution is -2.48. The maximum atomic E-state index is 4.52. The van der Waals surface area contributed by atoms with Gasteiger partial charge >= 0.3 is 0 Å². The van der Waals surface area contributed by atoms with Crippen LogP contribution in [0.15, 0.2) is 4.99 Å². The number of hydrogen-bond acceptors (Lipinski definition) is 3. The van der Waals surface area contributed by atoms with E-state index in [2.05, 4.69) is 52.8 Å². The third-order valence-corrected chi connectivity index (χ3v) is 5.38. The van der Waals surface area contributed by atoms with Gasteiger partial charge < -0.3 is 20.0 Å². The van der Waals surface area contributed by atoms with Crippen molar-refractivity contribution in [3.05, 3.63) is 0 Å². The molecule has 2 aliphatic rings. The number of aliphatic imine (C=N–C) groups is 1. The Morgan fingerprint density at radius 1 is 1.12 bits per heavy atom. The molecule has 0 amide bonds. The van der Waals surface area contributed by atoms with Gasteiger partial charge in [-0.15, -0.1) is 24.0 Å². The average molecular weight is 465 g/mol. The van der Waals surface area contributed by atoms with Crippen molar-refractivity contribution >= 4 is 29.9 Å². The first-order valence-electron chi connectivity index (χ1n) is 9.84. The van der Waals surface area contributed by atoms with E-state index in [0.717, 1.165) is 30.9 Å². The summed E-state index contributed by atoms with van der Waals surface area (Å²) in [7, 11) is 4.14. The summed E-state index contributed by atoms with van der Waals surface area (Å²) in [6, 6.07) is 0. The summed E-state index contributed by atoms with van der Waals surface area (Å²) in [5.74, 6) is 3.39. The van der Waals surface area contributed by atoms with Gasteiger partial charge in [-0.2, -0.15) is 0 Å². The Morgan fingerprint density at radius 2 is 1.80 bits per heavy atom. The maximum Gasteiger partial charge on any atom is 0.193 e. The van der Waals surface area contributed by atoms with Crippen LogP contribution in [0.4, 0.5) is 0 Å². The van der Waals surface area contributed by atoms with Crippen molar-refractivity contribution in [3.8, 4) is 0 Å². The number of nitrogens with one attached hydrogen (secondary N) is 1. The van der Waals surface area contributed by atoms with Gasteiger partial charge in [-0.1, -0.05) is 20.8 Å². The SMILES string of the molecule is CN=C(NCC(C)CN1CCN(C)CC1)N1CCC(CC(C)C)C1.I. The Kier molecular flexibility index (Phi) is 10.6. The highest BCUT2D eigenvalue weighted by molar-refractivity contribution is 14.0. The molecule has 0 radical (unpaired) electrons. The van der Waals surface area contributed by atoms with E-state index in [9.17, 15) is 0 Å². The Hall–Kier alpha value is -0.0800. The fourth-order valence-electron chi connectivity index (χ4n) is 4.02. The molecule has 148 valence electrons. The quantitative estimate of drug-likeness (QED) is 0.371. The lowest BCUT2D eigenvalue weighted by molar-refractivity contribution is 0.139. The number of piperazine rings is 1. The van der Waals surface area contributed by atoms with E-state index in [1.807, 2.05) is 7.05 Å². The second-order valence-corrected chi connectivity index (χ2v) is 8.37. The lowest BCUT2D eigenvalue weighted by Gasteiger charge is -2.34. The fraction of sp³-hybridized carbons (Fsp3) is 0.947. The van der Waals surface area contributed by atoms with Crippen LogP contribution >= 0.6 is 24.0 Å². The Bertz CT molecular complexity index is 393. The van der Waals surface area contributed by atoms with Crippen molar-refractivity contribution in [2.45, 2.75) is 33.6 Å². The summed E-state index contributed by atoms with van der Waals surface area (Å²) in [6.07, 6.45) is 2.66. The van der Waals surface area contributed by atoms with Crippen LogP contribution < -0.4 is 5.32 Å². The molecule has 2 unspecified atom stereocenters. The highest BCUT2D eigenvalue weighted by Crippen LogP contribution is 2.23. The lowest BCUT2D eigenvalue weighted by atomic mass is 9.97. The molecule has 0 aromatic heterocycles. The summed E-state index contributed by atoms with van der Waals surface area (Å²) in [5.41, 5.74) is 0. The molecule has 2 saturated heterocycles. The Labute approximate surface area is 172 Å². The van der Waals surface area contributed by atoms with Crippen molar-refractivity contribution < 1.29 is 0 Å². The molecule has 2 heterocycles. The van der Waals surface area contributed by atoms with E-state index < -0.39 is 0 Å². The van der Waals surface area contributed by atoms with E-state index in [1.165, 1.54) is 52.1 Å². The molecule has 6 heteroatoms. The van der Waals surface area contributed by atoms with Crippen LogP contribution in [-0.2, 0) is 0 Å². The third-order valence-electron chi connectivity index (χ3n) is 5.38. The molecule has 0 aromatic rings. The van der Waals surface area contributed by atoms with E-state index in [-0.39, 0.29) is 24.0 Å². The second kappa shape index (κ2) is 11.6. The van der Waals surface area contributed by atoms with Gasteiger partial charge in [0, 0.05) is 59.4 Å². The third kappa shape index (κ3) is 7.99. The Morgan fingerprint density at radius 3 is 2.40 bits per heavy atom. The maximum absolute atomic E-state index is 4.52. The van der Waals surface area contributed by atoms with Crippen molar-refractivity contribution in [2.75, 3.05) is 66.5 Å². The number of likely N-dealkylation sites (N-methyl/N-ethyl adjacent to an activating group) is 1. The summed E-state index contributed by atoms with van der Waals surface area (Å²) in [5, 5.41) is 3.62. The van der Waals surface area contributed by atoms with Crippen LogP contribution in [0.25, 0.3) is 0 Å². The molecule has 25 heavy (non-hydrogen) atoms. The van der Waals surface area contributed by atoms with E-state index >= 15 is 0 Å². The zero-order valence-electron chi connectivity index (χ0n) is 17.0. The van der Waals surface area contributed by atoms with Gasteiger partial charge in [0.05, 0.1) is 0 Å². The first kappa shape index (κ1) is 23.0. The van der Waals surface area contributed by atoms with Crippen molar-refractivity contribution in [2.24, 2.45) is 22.7 Å². The molecule has 2 atom stereocenters. The minimum Gasteiger partial charge on any atom is -0.356 e. The predicted molar refractivity (Wildman–Crippen MR) is 119 cm³/mol. The van der Waals surface area contributed by atoms with Gasteiger partial charge in [-0.3, -0.25) is 4.99 Å². The van der Waals surface area contributed by atoms with Crippen molar-refractivity contribution in [3.63, 3.8) is 0 Å². The first-order chi connectivity index (χ1) is 11.5. The fourth-order valence-corrected chi connectivity index (χ4v) is 4.02. The molecule has 2 rings (SSSR count). The minimum absolute atomic E-state index is 0. The Balaban J connectivity index is 0.00000312. The van der Waals surface area contributed by atoms with Crippen LogP contribution in [-0.4, -0.2) is 87.1 Å². The van der Waals surface area contributed by atoms with Crippen LogP contribution in [0.3, 0.4) is 0 Å². The molecular weight excluding hydrogens is 425 g/mol. The molecule has 2 aliphatic heterocycles. The van der Waals surface area contributed by atoms with E-state index in [1.54, 1.807) is 0 Å². The number of halogens is 1. The highest BCUT2D eigenvalue weighted by atomic mass is 127. The van der Waals surface area contributed by atoms with Crippen LogP contribution in [0.2, 0.25) is 0 Å². The zero-order valence-corrected chi connectivity index (χ0v) is 19.3. The predicted octanol–water partition coefficient (Wildman–Crippen LogP) is 2.43. The minimum atomic E-state index is 0. The zero-order chi connectivity index (χ0) is 17.5. The van der Waals surface area contributed by atoms with Crippen LogP contribution in [0, 0.1) is 17.8 Å². The first-order valence-corrected chi connectivity index (χ1v) is 9.84. The van der Waals surface area contributed by atoms with Gasteiger partial charge in [0.25, 0.3) is 0 Å². The molecule has 0 aliphatic carbocycles. The summed E-state index contributed by atoms with van der Waals surface area (Å²) < 4.78 is 0. The van der Waals surface area contributed by atoms with Gasteiger partial charge in [0.1, 0.15) is 0 Å². The van der Waals surface area contributed by atoms with E-state index in [4.69, 9.17) is 0 Å². The second-order valence-electron chi connectivity index (χ2n) is 8.37. The number of guanidine groups is 1. The topological polar surface area (TPSA) is 34.1 Å². The summed E-state index contributed by atoms with van der Waals surface area (Å²) in [4.78, 5) is 12.0. The molecule has 2 fully saturated rings. The van der Waals surface area contributed by atoms with Gasteiger partial charge in [-0.05, 0) is 37.6 Å². The van der Waals surface area contributed by atoms with Crippen molar-refractivity contribution in [1.29, 1.82) is 0 Å². The smallest absolute Gasteiger partial charge is 0.193 e. The molecule has 0 saturated carbocycles. The standard InChI is InChI=1S/C19H39N5.HI/c1-16(2)12-18-6-7-24(15-18)19(20-4)21-13-17(3)14-23-10-8-22(5)9-11-23;/h16-18H,6-15H2,1-5H3,(H,20,21);1H. The van der Waals surface area contributed by atoms with Gasteiger partial charge in [-0.25, -0.2) is 0 Å². The molecular formula is C19H40IN5. The number of hydrogen-bond donors (Lipinski definition) is 1. The monoisotopic (exact) mass is 465 g/mol. The number of likely N-dealkylation sites (tertiary alicyclic amines) is 1. The molecule has 0 spiro atoms. The summed E-state index contributed by atoms with van der Waals surface area (Å²) in [6.45, 7) is 16.4. The summed E-state index contributed by atoms with van der Waals surface area (Å²) >= 11 is 0. The number of nitrogens with zero attached hydrogens (tertiary/aromatic N) is 4. The largest absolute Gasteiger partial charge is 0.356 e. The molecule has 1 N–H and O–H groups in total. The molecule has 0 aromatic carbocycles. The normalized spacial score (nSPS) is 24.5. The van der Waals surface area contributed by atoms with E-state index in [0.29, 0.717) is 5.92 Å². The molecule has 0 bridgehead atoms. The van der Waals surface area contributed by atoms with Crippen LogP contribution in [0.1, 0.15) is 33.6 Å². The van der Waals surface area contributed by atoms with Gasteiger partial charge in [0.2, 0.25) is 0 Å². The number of rotatable bonds is 6. The van der Waals surface area contributed by atoms with Gasteiger partial charge in [0.15, 0.2) is 5.96 Å². The van der Waals surface area contributed by atoms with Crippen molar-refractivity contribution in [1.82, 2.24) is 20.0 Å². The van der Waals surface area contributed by atoms with Crippen LogP contribution in [0.5, 0.6) is 0 Å². The highest BCUT2D eigenvalue weighted by Gasteiger charge is 2.25. The molecule has 5 nitrogen and oxygen atoms in total.